The van der Waals surface area contributed by atoms with Crippen LogP contribution in [-0.4, -0.2) is 17.0 Å². The highest BCUT2D eigenvalue weighted by Crippen LogP contribution is 2.21. The Balaban J connectivity index is 2.21. The summed E-state index contributed by atoms with van der Waals surface area (Å²) in [6, 6.07) is 12.6. The first kappa shape index (κ1) is 14.8. The molecule has 0 fully saturated rings. The molecular weight excluding hydrogens is 336 g/mol. The van der Waals surface area contributed by atoms with Gasteiger partial charge in [0, 0.05) is 15.7 Å². The van der Waals surface area contributed by atoms with Crippen molar-refractivity contribution in [3.05, 3.63) is 63.6 Å². The van der Waals surface area contributed by atoms with E-state index in [1.165, 1.54) is 18.2 Å². The zero-order valence-corrected chi connectivity index (χ0v) is 12.2. The molecule has 0 saturated carbocycles. The van der Waals surface area contributed by atoms with Gasteiger partial charge in [-0.25, -0.2) is 4.79 Å². The number of anilines is 1. The van der Waals surface area contributed by atoms with Crippen molar-refractivity contribution in [1.82, 2.24) is 0 Å². The van der Waals surface area contributed by atoms with E-state index in [2.05, 4.69) is 21.2 Å². The maximum absolute atomic E-state index is 12.0. The van der Waals surface area contributed by atoms with Gasteiger partial charge >= 0.3 is 5.97 Å². The van der Waals surface area contributed by atoms with Crippen LogP contribution in [0.25, 0.3) is 0 Å². The second-order valence-corrected chi connectivity index (χ2v) is 5.00. The van der Waals surface area contributed by atoms with Crippen LogP contribution in [-0.2, 0) is 0 Å². The van der Waals surface area contributed by atoms with Crippen molar-refractivity contribution in [3.63, 3.8) is 0 Å². The van der Waals surface area contributed by atoms with Crippen molar-refractivity contribution in [2.75, 3.05) is 5.32 Å². The number of carbonyl (C=O) groups excluding carboxylic acids is 1. The Morgan fingerprint density at radius 1 is 1.14 bits per heavy atom. The second kappa shape index (κ2) is 6.20. The van der Waals surface area contributed by atoms with E-state index < -0.39 is 5.97 Å². The Morgan fingerprint density at radius 2 is 1.81 bits per heavy atom. The lowest BCUT2D eigenvalue weighted by molar-refractivity contribution is 0.0695. The molecule has 0 atom stereocenters. The number of hydrogen-bond acceptors (Lipinski definition) is 3. The van der Waals surface area contributed by atoms with Crippen LogP contribution in [0.2, 0.25) is 0 Å². The van der Waals surface area contributed by atoms with Gasteiger partial charge in [-0.2, -0.15) is 5.26 Å². The van der Waals surface area contributed by atoms with Gasteiger partial charge in [-0.1, -0.05) is 0 Å². The predicted molar refractivity (Wildman–Crippen MR) is 80.2 cm³/mol. The van der Waals surface area contributed by atoms with Gasteiger partial charge in [0.25, 0.3) is 5.91 Å². The number of benzene rings is 2. The number of hydrogen-bond donors (Lipinski definition) is 2. The number of nitrogens with one attached hydrogen (secondary N) is 1. The number of rotatable bonds is 3. The third-order valence-corrected chi connectivity index (χ3v) is 3.42. The molecule has 2 aromatic rings. The summed E-state index contributed by atoms with van der Waals surface area (Å²) in [4.78, 5) is 23.1. The Morgan fingerprint density at radius 3 is 2.38 bits per heavy atom. The van der Waals surface area contributed by atoms with E-state index in [0.717, 1.165) is 0 Å². The van der Waals surface area contributed by atoms with Gasteiger partial charge in [-0.05, 0) is 58.4 Å². The SMILES string of the molecule is N#Cc1ccc(C(=O)Nc2ccc(Br)c(C(=O)O)c2)cc1. The molecule has 0 aromatic heterocycles. The van der Waals surface area contributed by atoms with Crippen molar-refractivity contribution in [2.45, 2.75) is 0 Å². The summed E-state index contributed by atoms with van der Waals surface area (Å²) in [5, 5.41) is 20.3. The lowest BCUT2D eigenvalue weighted by Crippen LogP contribution is -2.12. The van der Waals surface area contributed by atoms with Crippen molar-refractivity contribution in [2.24, 2.45) is 0 Å². The van der Waals surface area contributed by atoms with Gasteiger partial charge in [0.1, 0.15) is 0 Å². The number of amides is 1. The van der Waals surface area contributed by atoms with Crippen LogP contribution in [0, 0.1) is 11.3 Å². The molecule has 104 valence electrons. The molecule has 0 radical (unpaired) electrons. The van der Waals surface area contributed by atoms with Crippen LogP contribution >= 0.6 is 15.9 Å². The van der Waals surface area contributed by atoms with E-state index in [-0.39, 0.29) is 11.5 Å². The highest BCUT2D eigenvalue weighted by Gasteiger charge is 2.11. The fourth-order valence-corrected chi connectivity index (χ4v) is 2.08. The molecule has 2 rings (SSSR count). The van der Waals surface area contributed by atoms with Crippen LogP contribution in [0.4, 0.5) is 5.69 Å². The molecule has 6 heteroatoms. The van der Waals surface area contributed by atoms with E-state index >= 15 is 0 Å². The Hall–Kier alpha value is -2.65. The average Bonchev–Trinajstić information content (AvgIpc) is 2.49. The third kappa shape index (κ3) is 3.46. The summed E-state index contributed by atoms with van der Waals surface area (Å²) in [5.41, 5.74) is 1.29. The molecule has 0 saturated heterocycles. The third-order valence-electron chi connectivity index (χ3n) is 2.73. The summed E-state index contributed by atoms with van der Waals surface area (Å²) in [7, 11) is 0. The van der Waals surface area contributed by atoms with E-state index in [1.54, 1.807) is 24.3 Å². The molecular formula is C15H9BrN2O3. The summed E-state index contributed by atoms with van der Waals surface area (Å²) < 4.78 is 0.436. The van der Waals surface area contributed by atoms with Crippen LogP contribution < -0.4 is 5.32 Å². The first-order valence-electron chi connectivity index (χ1n) is 5.85. The molecule has 0 aliphatic carbocycles. The fourth-order valence-electron chi connectivity index (χ4n) is 1.67. The molecule has 0 aliphatic heterocycles. The molecule has 0 unspecified atom stereocenters. The molecule has 2 aromatic carbocycles. The zero-order valence-electron chi connectivity index (χ0n) is 10.6. The number of aromatic carboxylic acids is 1. The van der Waals surface area contributed by atoms with E-state index in [1.807, 2.05) is 6.07 Å². The number of carboxylic acids is 1. The van der Waals surface area contributed by atoms with Crippen molar-refractivity contribution >= 4 is 33.5 Å². The summed E-state index contributed by atoms with van der Waals surface area (Å²) in [6.07, 6.45) is 0. The van der Waals surface area contributed by atoms with Gasteiger partial charge < -0.3 is 10.4 Å². The van der Waals surface area contributed by atoms with Gasteiger partial charge in [0.05, 0.1) is 17.2 Å². The standard InChI is InChI=1S/C15H9BrN2O3/c16-13-6-5-11(7-12(13)15(20)21)18-14(19)10-3-1-9(8-17)2-4-10/h1-7H,(H,18,19)(H,20,21). The molecule has 1 amide bonds. The smallest absolute Gasteiger partial charge is 0.336 e. The Kier molecular flexibility index (Phi) is 4.36. The predicted octanol–water partition coefficient (Wildman–Crippen LogP) is 3.27. The summed E-state index contributed by atoms with van der Waals surface area (Å²) in [5.74, 6) is -1.46. The zero-order chi connectivity index (χ0) is 15.4. The van der Waals surface area contributed by atoms with Crippen LogP contribution in [0.1, 0.15) is 26.3 Å². The monoisotopic (exact) mass is 344 g/mol. The van der Waals surface area contributed by atoms with Gasteiger partial charge in [-0.15, -0.1) is 0 Å². The topological polar surface area (TPSA) is 90.2 Å². The number of carboxylic acid groups (broad SMARTS) is 1. The number of halogens is 1. The molecule has 0 bridgehead atoms. The number of nitrogens with zero attached hydrogens (tertiary/aromatic N) is 1. The molecule has 0 aliphatic rings. The van der Waals surface area contributed by atoms with Crippen LogP contribution in [0.15, 0.2) is 46.9 Å². The minimum Gasteiger partial charge on any atom is -0.478 e. The van der Waals surface area contributed by atoms with Gasteiger partial charge in [-0.3, -0.25) is 4.79 Å². The van der Waals surface area contributed by atoms with Gasteiger partial charge in [0.2, 0.25) is 0 Å². The molecule has 5 nitrogen and oxygen atoms in total. The van der Waals surface area contributed by atoms with E-state index in [4.69, 9.17) is 10.4 Å². The molecule has 2 N–H and O–H groups in total. The normalized spacial score (nSPS) is 9.71. The first-order chi connectivity index (χ1) is 10.0. The molecule has 0 spiro atoms. The van der Waals surface area contributed by atoms with Crippen molar-refractivity contribution in [3.8, 4) is 6.07 Å². The van der Waals surface area contributed by atoms with Crippen molar-refractivity contribution < 1.29 is 14.7 Å². The quantitative estimate of drug-likeness (QED) is 0.893. The minimum atomic E-state index is -1.09. The van der Waals surface area contributed by atoms with Gasteiger partial charge in [0.15, 0.2) is 0 Å². The van der Waals surface area contributed by atoms with Crippen LogP contribution in [0.3, 0.4) is 0 Å². The number of nitriles is 1. The maximum Gasteiger partial charge on any atom is 0.336 e. The highest BCUT2D eigenvalue weighted by atomic mass is 79.9. The average molecular weight is 345 g/mol. The minimum absolute atomic E-state index is 0.0626. The Bertz CT molecular complexity index is 749. The molecule has 0 heterocycles. The van der Waals surface area contributed by atoms with E-state index in [9.17, 15) is 9.59 Å². The molecule has 21 heavy (non-hydrogen) atoms. The Labute approximate surface area is 129 Å². The number of carbonyl (C=O) groups is 2. The maximum atomic E-state index is 12.0. The lowest BCUT2D eigenvalue weighted by Gasteiger charge is -2.07. The highest BCUT2D eigenvalue weighted by molar-refractivity contribution is 9.10. The largest absolute Gasteiger partial charge is 0.478 e. The fraction of sp³-hybridized carbons (Fsp3) is 0. The van der Waals surface area contributed by atoms with E-state index in [0.29, 0.717) is 21.3 Å². The van der Waals surface area contributed by atoms with Crippen LogP contribution in [0.5, 0.6) is 0 Å². The second-order valence-electron chi connectivity index (χ2n) is 4.14. The lowest BCUT2D eigenvalue weighted by atomic mass is 10.1. The summed E-state index contributed by atoms with van der Waals surface area (Å²) >= 11 is 3.13. The summed E-state index contributed by atoms with van der Waals surface area (Å²) in [6.45, 7) is 0. The first-order valence-corrected chi connectivity index (χ1v) is 6.65. The van der Waals surface area contributed by atoms with Crippen molar-refractivity contribution in [1.29, 1.82) is 5.26 Å².